The molecule has 0 radical (unpaired) electrons. The predicted molar refractivity (Wildman–Crippen MR) is 111 cm³/mol. The van der Waals surface area contributed by atoms with E-state index in [4.69, 9.17) is 0 Å². The Hall–Kier alpha value is -3.99. The number of nitrogens with one attached hydrogen (secondary N) is 1. The van der Waals surface area contributed by atoms with Crippen LogP contribution in [0.25, 0.3) is 21.9 Å². The van der Waals surface area contributed by atoms with E-state index in [0.717, 1.165) is 22.0 Å². The molecule has 0 aliphatic carbocycles. The van der Waals surface area contributed by atoms with Gasteiger partial charge in [0, 0.05) is 0 Å². The average molecular weight is 367 g/mol. The first kappa shape index (κ1) is 17.4. The first-order chi connectivity index (χ1) is 13.7. The Kier molecular flexibility index (Phi) is 4.80. The van der Waals surface area contributed by atoms with Gasteiger partial charge in [-0.3, -0.25) is 5.43 Å². The molecule has 4 aromatic carbocycles. The zero-order chi connectivity index (χ0) is 19.3. The van der Waals surface area contributed by atoms with E-state index in [1.807, 2.05) is 72.8 Å². The normalized spacial score (nSPS) is 11.0. The van der Waals surface area contributed by atoms with E-state index >= 15 is 0 Å². The van der Waals surface area contributed by atoms with Crippen LogP contribution in [0.3, 0.4) is 0 Å². The van der Waals surface area contributed by atoms with Gasteiger partial charge in [0.1, 0.15) is 5.69 Å². The predicted octanol–water partition coefficient (Wildman–Crippen LogP) is 6.32. The van der Waals surface area contributed by atoms with E-state index < -0.39 is 5.97 Å². The summed E-state index contributed by atoms with van der Waals surface area (Å²) < 4.78 is 0. The molecule has 0 heterocycles. The molecule has 136 valence electrons. The van der Waals surface area contributed by atoms with Gasteiger partial charge in [-0.15, -0.1) is 5.11 Å². The van der Waals surface area contributed by atoms with E-state index in [1.54, 1.807) is 18.2 Å². The minimum absolute atomic E-state index is 0.123. The summed E-state index contributed by atoms with van der Waals surface area (Å²) in [6.07, 6.45) is 0. The lowest BCUT2D eigenvalue weighted by Gasteiger charge is -2.11. The maximum atomic E-state index is 12.1. The summed E-state index contributed by atoms with van der Waals surface area (Å²) in [6.45, 7) is 0. The summed E-state index contributed by atoms with van der Waals surface area (Å²) in [6, 6.07) is 28.4. The minimum Gasteiger partial charge on any atom is -0.478 e. The van der Waals surface area contributed by atoms with E-state index in [9.17, 15) is 9.90 Å². The number of carboxylic acid groups (broad SMARTS) is 1. The average Bonchev–Trinajstić information content (AvgIpc) is 2.74. The molecule has 0 saturated carbocycles. The number of aromatic carboxylic acids is 1. The monoisotopic (exact) mass is 367 g/mol. The van der Waals surface area contributed by atoms with Crippen LogP contribution in [0.5, 0.6) is 0 Å². The summed E-state index contributed by atoms with van der Waals surface area (Å²) >= 11 is 0. The minimum atomic E-state index is -1.04. The van der Waals surface area contributed by atoms with Crippen molar-refractivity contribution in [2.24, 2.45) is 10.3 Å². The summed E-state index contributed by atoms with van der Waals surface area (Å²) in [7, 11) is 0. The van der Waals surface area contributed by atoms with Crippen molar-refractivity contribution < 1.29 is 9.90 Å². The second-order valence-electron chi connectivity index (χ2n) is 6.21. The Morgan fingerprint density at radius 1 is 0.750 bits per heavy atom. The molecule has 0 saturated heterocycles. The molecule has 4 rings (SSSR count). The molecular formula is C23H17N3O2. The number of anilines is 1. The van der Waals surface area contributed by atoms with Gasteiger partial charge >= 0.3 is 5.97 Å². The molecule has 4 aromatic rings. The molecule has 0 unspecified atom stereocenters. The van der Waals surface area contributed by atoms with Crippen molar-refractivity contribution in [1.82, 2.24) is 0 Å². The van der Waals surface area contributed by atoms with Crippen LogP contribution in [-0.4, -0.2) is 11.1 Å². The van der Waals surface area contributed by atoms with Gasteiger partial charge in [-0.1, -0.05) is 78.0 Å². The number of carbonyl (C=O) groups is 1. The quantitative estimate of drug-likeness (QED) is 0.320. The maximum absolute atomic E-state index is 12.1. The van der Waals surface area contributed by atoms with Crippen molar-refractivity contribution >= 4 is 28.1 Å². The van der Waals surface area contributed by atoms with Crippen molar-refractivity contribution in [2.45, 2.75) is 0 Å². The highest BCUT2D eigenvalue weighted by Gasteiger charge is 2.18. The third kappa shape index (κ3) is 3.46. The van der Waals surface area contributed by atoms with Gasteiger partial charge in [0.25, 0.3) is 0 Å². The fraction of sp³-hybridized carbons (Fsp3) is 0. The van der Waals surface area contributed by atoms with Gasteiger partial charge in [-0.05, 0) is 40.1 Å². The van der Waals surface area contributed by atoms with Gasteiger partial charge in [0.05, 0.1) is 11.3 Å². The largest absolute Gasteiger partial charge is 0.478 e. The number of hydrogen-bond donors (Lipinski definition) is 2. The Balaban J connectivity index is 1.79. The van der Waals surface area contributed by atoms with Crippen LogP contribution < -0.4 is 5.43 Å². The van der Waals surface area contributed by atoms with Crippen molar-refractivity contribution in [3.63, 3.8) is 0 Å². The topological polar surface area (TPSA) is 74.0 Å². The number of rotatable bonds is 5. The molecule has 2 N–H and O–H groups in total. The summed E-state index contributed by atoms with van der Waals surface area (Å²) in [4.78, 5) is 12.1. The second-order valence-corrected chi connectivity index (χ2v) is 6.21. The van der Waals surface area contributed by atoms with Crippen LogP contribution in [0.2, 0.25) is 0 Å². The number of hydrogen-bond acceptors (Lipinski definition) is 3. The lowest BCUT2D eigenvalue weighted by Crippen LogP contribution is -2.00. The molecule has 0 fully saturated rings. The van der Waals surface area contributed by atoms with E-state index in [1.165, 1.54) is 0 Å². The maximum Gasteiger partial charge on any atom is 0.338 e. The highest BCUT2D eigenvalue weighted by atomic mass is 16.4. The third-order valence-corrected chi connectivity index (χ3v) is 4.45. The number of nitrogens with zero attached hydrogens (tertiary/aromatic N) is 2. The molecule has 0 aliphatic heterocycles. The Bertz CT molecular complexity index is 1170. The number of fused-ring (bicyclic) bond motifs is 1. The standard InChI is InChI=1S/C23H17N3O2/c27-23(28)22-20(19-13-6-9-16-8-4-5-12-18(16)19)14-7-15-21(22)25-26-24-17-10-2-1-3-11-17/h1-15H,(H,24,25)(H,27,28). The first-order valence-electron chi connectivity index (χ1n) is 8.80. The summed E-state index contributed by atoms with van der Waals surface area (Å²) in [5, 5.41) is 20.0. The van der Waals surface area contributed by atoms with Crippen molar-refractivity contribution in [1.29, 1.82) is 0 Å². The Morgan fingerprint density at radius 3 is 2.25 bits per heavy atom. The Labute approximate surface area is 162 Å². The second kappa shape index (κ2) is 7.72. The molecule has 0 aromatic heterocycles. The van der Waals surface area contributed by atoms with Crippen molar-refractivity contribution in [3.05, 3.63) is 96.6 Å². The smallest absolute Gasteiger partial charge is 0.338 e. The number of para-hydroxylation sites is 1. The zero-order valence-electron chi connectivity index (χ0n) is 14.9. The number of benzene rings is 4. The zero-order valence-corrected chi connectivity index (χ0v) is 14.9. The van der Waals surface area contributed by atoms with Crippen LogP contribution >= 0.6 is 0 Å². The van der Waals surface area contributed by atoms with E-state index in [-0.39, 0.29) is 5.56 Å². The Morgan fingerprint density at radius 2 is 1.43 bits per heavy atom. The molecule has 5 heteroatoms. The van der Waals surface area contributed by atoms with Crippen LogP contribution in [0, 0.1) is 0 Å². The first-order valence-corrected chi connectivity index (χ1v) is 8.80. The fourth-order valence-corrected chi connectivity index (χ4v) is 3.18. The number of carboxylic acids is 1. The van der Waals surface area contributed by atoms with Crippen molar-refractivity contribution in [3.8, 4) is 11.1 Å². The van der Waals surface area contributed by atoms with Crippen LogP contribution in [0.15, 0.2) is 101 Å². The SMILES string of the molecule is O=C(O)c1c(N=NNc2ccccc2)cccc1-c1cccc2ccccc12. The van der Waals surface area contributed by atoms with Gasteiger partial charge in [0.2, 0.25) is 0 Å². The lowest BCUT2D eigenvalue weighted by atomic mass is 9.94. The molecule has 5 nitrogen and oxygen atoms in total. The lowest BCUT2D eigenvalue weighted by molar-refractivity contribution is 0.0698. The summed E-state index contributed by atoms with van der Waals surface area (Å²) in [5.41, 5.74) is 5.46. The van der Waals surface area contributed by atoms with Crippen molar-refractivity contribution in [2.75, 3.05) is 5.43 Å². The van der Waals surface area contributed by atoms with Crippen LogP contribution in [0.4, 0.5) is 11.4 Å². The third-order valence-electron chi connectivity index (χ3n) is 4.45. The molecule has 0 amide bonds. The highest BCUT2D eigenvalue weighted by Crippen LogP contribution is 2.35. The van der Waals surface area contributed by atoms with Crippen LogP contribution in [-0.2, 0) is 0 Å². The molecule has 0 spiro atoms. The fourth-order valence-electron chi connectivity index (χ4n) is 3.18. The van der Waals surface area contributed by atoms with Gasteiger partial charge in [-0.2, -0.15) is 0 Å². The van der Waals surface area contributed by atoms with Gasteiger partial charge < -0.3 is 5.11 Å². The molecule has 0 bridgehead atoms. The van der Waals surface area contributed by atoms with Crippen LogP contribution in [0.1, 0.15) is 10.4 Å². The molecule has 0 atom stereocenters. The molecule has 28 heavy (non-hydrogen) atoms. The van der Waals surface area contributed by atoms with E-state index in [0.29, 0.717) is 11.3 Å². The van der Waals surface area contributed by atoms with Gasteiger partial charge in [-0.25, -0.2) is 4.79 Å². The molecule has 0 aliphatic rings. The molecular weight excluding hydrogens is 350 g/mol. The van der Waals surface area contributed by atoms with E-state index in [2.05, 4.69) is 15.8 Å². The van der Waals surface area contributed by atoms with Gasteiger partial charge in [0.15, 0.2) is 0 Å². The highest BCUT2D eigenvalue weighted by molar-refractivity contribution is 6.06. The summed E-state index contributed by atoms with van der Waals surface area (Å²) in [5.74, 6) is -1.04.